The number of aliphatic hydroxyl groups is 1. The highest BCUT2D eigenvalue weighted by Crippen LogP contribution is 2.26. The van der Waals surface area contributed by atoms with Gasteiger partial charge in [0.25, 0.3) is 5.69 Å². The molecule has 1 aromatic rings. The van der Waals surface area contributed by atoms with Crippen molar-refractivity contribution < 1.29 is 19.9 Å². The molecule has 20 heavy (non-hydrogen) atoms. The van der Waals surface area contributed by atoms with Gasteiger partial charge in [0.15, 0.2) is 0 Å². The number of carboxylic acid groups (broad SMARTS) is 1. The first-order chi connectivity index (χ1) is 9.51. The van der Waals surface area contributed by atoms with Gasteiger partial charge < -0.3 is 15.1 Å². The number of unbranched alkanes of at least 4 members (excludes halogenated alkanes) is 1. The van der Waals surface area contributed by atoms with Gasteiger partial charge in [0.05, 0.1) is 11.5 Å². The van der Waals surface area contributed by atoms with E-state index < -0.39 is 16.6 Å². The number of anilines is 1. The zero-order valence-electron chi connectivity index (χ0n) is 11.3. The molecule has 0 atom stereocenters. The van der Waals surface area contributed by atoms with E-state index in [2.05, 4.69) is 0 Å². The lowest BCUT2D eigenvalue weighted by Crippen LogP contribution is -2.27. The Kier molecular flexibility index (Phi) is 5.92. The van der Waals surface area contributed by atoms with Crippen LogP contribution in [0.1, 0.15) is 30.1 Å². The van der Waals surface area contributed by atoms with E-state index in [1.807, 2.05) is 11.8 Å². The van der Waals surface area contributed by atoms with Crippen molar-refractivity contribution in [3.8, 4) is 0 Å². The number of aliphatic hydroxyl groups excluding tert-OH is 1. The number of carbonyl (C=O) groups is 1. The van der Waals surface area contributed by atoms with E-state index in [0.29, 0.717) is 18.8 Å². The van der Waals surface area contributed by atoms with Crippen LogP contribution in [0.2, 0.25) is 0 Å². The van der Waals surface area contributed by atoms with Gasteiger partial charge >= 0.3 is 5.97 Å². The van der Waals surface area contributed by atoms with Crippen molar-refractivity contribution in [3.05, 3.63) is 33.9 Å². The Morgan fingerprint density at radius 2 is 2.10 bits per heavy atom. The van der Waals surface area contributed by atoms with Crippen LogP contribution in [-0.2, 0) is 0 Å². The Morgan fingerprint density at radius 1 is 1.40 bits per heavy atom. The third-order valence-electron chi connectivity index (χ3n) is 2.93. The molecular weight excluding hydrogens is 264 g/mol. The average Bonchev–Trinajstić information content (AvgIpc) is 2.42. The number of hydrogen-bond acceptors (Lipinski definition) is 5. The second-order valence-electron chi connectivity index (χ2n) is 4.33. The van der Waals surface area contributed by atoms with Crippen LogP contribution >= 0.6 is 0 Å². The molecule has 110 valence electrons. The van der Waals surface area contributed by atoms with E-state index in [4.69, 9.17) is 10.2 Å². The summed E-state index contributed by atoms with van der Waals surface area (Å²) in [6.45, 7) is 2.95. The predicted octanol–water partition coefficient (Wildman–Crippen LogP) is 1.89. The molecule has 7 heteroatoms. The molecule has 7 nitrogen and oxygen atoms in total. The highest BCUT2D eigenvalue weighted by atomic mass is 16.6. The maximum atomic E-state index is 10.9. The summed E-state index contributed by atoms with van der Waals surface area (Å²) in [6, 6.07) is 4.00. The van der Waals surface area contributed by atoms with Crippen molar-refractivity contribution in [3.63, 3.8) is 0 Å². The molecule has 1 rings (SSSR count). The number of nitro groups is 1. The van der Waals surface area contributed by atoms with Gasteiger partial charge in [-0.05, 0) is 18.6 Å². The van der Waals surface area contributed by atoms with E-state index >= 15 is 0 Å². The second kappa shape index (κ2) is 7.44. The second-order valence-corrected chi connectivity index (χ2v) is 4.33. The zero-order chi connectivity index (χ0) is 15.1. The van der Waals surface area contributed by atoms with Crippen LogP contribution in [0, 0.1) is 10.1 Å². The normalized spacial score (nSPS) is 10.3. The summed E-state index contributed by atoms with van der Waals surface area (Å²) in [4.78, 5) is 23.0. The van der Waals surface area contributed by atoms with E-state index in [1.54, 1.807) is 0 Å². The van der Waals surface area contributed by atoms with Gasteiger partial charge in [0.2, 0.25) is 0 Å². The smallest absolute Gasteiger partial charge is 0.342 e. The monoisotopic (exact) mass is 282 g/mol. The topological polar surface area (TPSA) is 104 Å². The maximum Gasteiger partial charge on any atom is 0.342 e. The first kappa shape index (κ1) is 15.9. The van der Waals surface area contributed by atoms with Crippen LogP contribution in [-0.4, -0.2) is 40.8 Å². The van der Waals surface area contributed by atoms with E-state index in [9.17, 15) is 14.9 Å². The number of aromatic carboxylic acids is 1. The van der Waals surface area contributed by atoms with Gasteiger partial charge in [0, 0.05) is 24.8 Å². The number of rotatable bonds is 8. The molecule has 1 aromatic carbocycles. The molecule has 0 radical (unpaired) electrons. The summed E-state index contributed by atoms with van der Waals surface area (Å²) in [5, 5.41) is 28.9. The van der Waals surface area contributed by atoms with E-state index in [-0.39, 0.29) is 12.2 Å². The van der Waals surface area contributed by atoms with Crippen LogP contribution in [0.15, 0.2) is 18.2 Å². The third-order valence-corrected chi connectivity index (χ3v) is 2.93. The molecule has 0 aromatic heterocycles. The molecule has 0 aliphatic rings. The first-order valence-electron chi connectivity index (χ1n) is 6.38. The SMILES string of the molecule is CCCCN(CCO)c1ccc(C(=O)O)c([N+](=O)[O-])c1. The summed E-state index contributed by atoms with van der Waals surface area (Å²) in [7, 11) is 0. The zero-order valence-corrected chi connectivity index (χ0v) is 11.3. The minimum Gasteiger partial charge on any atom is -0.477 e. The van der Waals surface area contributed by atoms with Crippen LogP contribution in [0.25, 0.3) is 0 Å². The lowest BCUT2D eigenvalue weighted by atomic mass is 10.1. The van der Waals surface area contributed by atoms with Crippen molar-refractivity contribution in [2.75, 3.05) is 24.6 Å². The summed E-state index contributed by atoms with van der Waals surface area (Å²) in [5.41, 5.74) is -0.225. The van der Waals surface area contributed by atoms with Crippen molar-refractivity contribution in [2.45, 2.75) is 19.8 Å². The van der Waals surface area contributed by atoms with Gasteiger partial charge in [0.1, 0.15) is 5.56 Å². The number of nitrogens with zero attached hydrogens (tertiary/aromatic N) is 2. The summed E-state index contributed by atoms with van der Waals surface area (Å²) in [5.74, 6) is -1.33. The molecule has 0 amide bonds. The summed E-state index contributed by atoms with van der Waals surface area (Å²) < 4.78 is 0. The molecule has 0 unspecified atom stereocenters. The van der Waals surface area contributed by atoms with Gasteiger partial charge in [-0.15, -0.1) is 0 Å². The highest BCUT2D eigenvalue weighted by Gasteiger charge is 2.21. The minimum absolute atomic E-state index is 0.0712. The molecule has 0 fully saturated rings. The van der Waals surface area contributed by atoms with Crippen LogP contribution in [0.4, 0.5) is 11.4 Å². The van der Waals surface area contributed by atoms with Gasteiger partial charge in [-0.25, -0.2) is 4.79 Å². The maximum absolute atomic E-state index is 10.9. The molecule has 0 heterocycles. The lowest BCUT2D eigenvalue weighted by molar-refractivity contribution is -0.385. The molecule has 0 saturated carbocycles. The fourth-order valence-electron chi connectivity index (χ4n) is 1.89. The fourth-order valence-corrected chi connectivity index (χ4v) is 1.89. The van der Waals surface area contributed by atoms with Crippen LogP contribution in [0.3, 0.4) is 0 Å². The average molecular weight is 282 g/mol. The molecule has 0 aliphatic heterocycles. The Labute approximate surface area is 116 Å². The number of benzene rings is 1. The van der Waals surface area contributed by atoms with Crippen molar-refractivity contribution in [1.29, 1.82) is 0 Å². The predicted molar refractivity (Wildman–Crippen MR) is 74.3 cm³/mol. The summed E-state index contributed by atoms with van der Waals surface area (Å²) in [6.07, 6.45) is 1.84. The molecule has 0 bridgehead atoms. The Bertz CT molecular complexity index is 490. The van der Waals surface area contributed by atoms with Crippen molar-refractivity contribution >= 4 is 17.3 Å². The standard InChI is InChI=1S/C13H18N2O5/c1-2-3-6-14(7-8-16)10-4-5-11(13(17)18)12(9-10)15(19)20/h4-5,9,16H,2-3,6-8H2,1H3,(H,17,18). The minimum atomic E-state index is -1.33. The molecule has 0 aliphatic carbocycles. The molecule has 2 N–H and O–H groups in total. The third kappa shape index (κ3) is 3.92. The fraction of sp³-hybridized carbons (Fsp3) is 0.462. The highest BCUT2D eigenvalue weighted by molar-refractivity contribution is 5.93. The summed E-state index contributed by atoms with van der Waals surface area (Å²) >= 11 is 0. The lowest BCUT2D eigenvalue weighted by Gasteiger charge is -2.23. The van der Waals surface area contributed by atoms with Gasteiger partial charge in [-0.3, -0.25) is 10.1 Å². The van der Waals surface area contributed by atoms with Crippen molar-refractivity contribution in [2.24, 2.45) is 0 Å². The molecule has 0 spiro atoms. The number of nitro benzene ring substituents is 1. The van der Waals surface area contributed by atoms with E-state index in [0.717, 1.165) is 12.8 Å². The quantitative estimate of drug-likeness (QED) is 0.557. The molecule has 0 saturated heterocycles. The Hall–Kier alpha value is -2.15. The largest absolute Gasteiger partial charge is 0.477 e. The van der Waals surface area contributed by atoms with Gasteiger partial charge in [-0.2, -0.15) is 0 Å². The van der Waals surface area contributed by atoms with Crippen LogP contribution in [0.5, 0.6) is 0 Å². The number of carboxylic acids is 1. The first-order valence-corrected chi connectivity index (χ1v) is 6.38. The Morgan fingerprint density at radius 3 is 2.60 bits per heavy atom. The van der Waals surface area contributed by atoms with Crippen LogP contribution < -0.4 is 4.90 Å². The van der Waals surface area contributed by atoms with E-state index in [1.165, 1.54) is 18.2 Å². The number of hydrogen-bond donors (Lipinski definition) is 2. The van der Waals surface area contributed by atoms with Gasteiger partial charge in [-0.1, -0.05) is 13.3 Å². The van der Waals surface area contributed by atoms with Crippen molar-refractivity contribution in [1.82, 2.24) is 0 Å². The Balaban J connectivity index is 3.13. The molecular formula is C13H18N2O5.